The number of hydrogen-bond acceptors (Lipinski definition) is 6. The maximum Gasteiger partial charge on any atom is 0.249 e. The maximum atomic E-state index is 13.4. The van der Waals surface area contributed by atoms with Gasteiger partial charge in [0.05, 0.1) is 30.5 Å². The van der Waals surface area contributed by atoms with Crippen molar-refractivity contribution in [1.82, 2.24) is 14.3 Å². The van der Waals surface area contributed by atoms with E-state index in [-0.39, 0.29) is 30.4 Å². The number of halogens is 2. The molecule has 4 rings (SSSR count). The number of aliphatic hydroxyl groups excluding tert-OH is 2. The van der Waals surface area contributed by atoms with E-state index in [1.807, 2.05) is 0 Å². The van der Waals surface area contributed by atoms with Gasteiger partial charge in [-0.25, -0.2) is 4.39 Å². The van der Waals surface area contributed by atoms with Gasteiger partial charge in [-0.1, -0.05) is 35.9 Å². The number of carbonyl (C=O) groups is 1. The predicted octanol–water partition coefficient (Wildman–Crippen LogP) is 3.75. The first-order valence-electron chi connectivity index (χ1n) is 11.0. The number of benzene rings is 2. The summed E-state index contributed by atoms with van der Waals surface area (Å²) in [7, 11) is 0. The van der Waals surface area contributed by atoms with Gasteiger partial charge in [-0.15, -0.1) is 0 Å². The average Bonchev–Trinajstić information content (AvgIpc) is 3.45. The van der Waals surface area contributed by atoms with Crippen molar-refractivity contribution in [2.24, 2.45) is 0 Å². The Kier molecular flexibility index (Phi) is 7.89. The van der Waals surface area contributed by atoms with Crippen molar-refractivity contribution in [3.63, 3.8) is 0 Å². The smallest absolute Gasteiger partial charge is 0.249 e. The van der Waals surface area contributed by atoms with Crippen molar-refractivity contribution in [3.05, 3.63) is 89.5 Å². The fourth-order valence-corrected chi connectivity index (χ4v) is 3.75. The minimum Gasteiger partial charge on any atom is -0.494 e. The summed E-state index contributed by atoms with van der Waals surface area (Å²) in [5, 5.41) is 36.5. The van der Waals surface area contributed by atoms with E-state index < -0.39 is 30.5 Å². The molecule has 0 spiro atoms. The fraction of sp³-hybridized carbons (Fsp3) is 0.200. The molecular formula is C25H24ClFN4O5. The highest BCUT2D eigenvalue weighted by molar-refractivity contribution is 6.32. The zero-order chi connectivity index (χ0) is 25.7. The quantitative estimate of drug-likeness (QED) is 0.256. The monoisotopic (exact) mass is 514 g/mol. The van der Waals surface area contributed by atoms with E-state index in [1.165, 1.54) is 33.6 Å². The summed E-state index contributed by atoms with van der Waals surface area (Å²) < 4.78 is 21.9. The number of ether oxygens (including phenoxy) is 1. The molecule has 0 saturated carbocycles. The van der Waals surface area contributed by atoms with Gasteiger partial charge in [0, 0.05) is 24.8 Å². The molecule has 0 saturated heterocycles. The van der Waals surface area contributed by atoms with Gasteiger partial charge >= 0.3 is 0 Å². The van der Waals surface area contributed by atoms with Gasteiger partial charge in [0.1, 0.15) is 23.4 Å². The second-order valence-electron chi connectivity index (χ2n) is 8.07. The number of aromatic hydroxyl groups is 1. The highest BCUT2D eigenvalue weighted by Gasteiger charge is 2.25. The lowest BCUT2D eigenvalue weighted by molar-refractivity contribution is -0.119. The molecule has 0 bridgehead atoms. The van der Waals surface area contributed by atoms with Crippen LogP contribution in [0.25, 0.3) is 0 Å². The summed E-state index contributed by atoms with van der Waals surface area (Å²) >= 11 is 6.16. The van der Waals surface area contributed by atoms with Crippen molar-refractivity contribution < 1.29 is 29.2 Å². The van der Waals surface area contributed by atoms with Gasteiger partial charge in [0.15, 0.2) is 11.7 Å². The SMILES string of the molecule is O=C(Nc1ccn(C[C@@H](O)CO)n1)[C@H](Cc1ccc(F)cc1)n1cc(Oc2ccccc2Cl)cc1O. The minimum atomic E-state index is -0.993. The number of nitrogens with zero attached hydrogens (tertiary/aromatic N) is 3. The lowest BCUT2D eigenvalue weighted by Gasteiger charge is -2.19. The Bertz CT molecular complexity index is 1320. The van der Waals surface area contributed by atoms with E-state index in [0.29, 0.717) is 16.3 Å². The topological polar surface area (TPSA) is 122 Å². The molecule has 36 heavy (non-hydrogen) atoms. The van der Waals surface area contributed by atoms with E-state index >= 15 is 0 Å². The number of amides is 1. The van der Waals surface area contributed by atoms with E-state index in [4.69, 9.17) is 21.4 Å². The lowest BCUT2D eigenvalue weighted by Crippen LogP contribution is -2.27. The van der Waals surface area contributed by atoms with Crippen LogP contribution in [0.3, 0.4) is 0 Å². The Morgan fingerprint density at radius 1 is 1.17 bits per heavy atom. The number of anilines is 1. The Morgan fingerprint density at radius 3 is 2.64 bits per heavy atom. The van der Waals surface area contributed by atoms with Gasteiger partial charge in [-0.05, 0) is 29.8 Å². The molecule has 2 atom stereocenters. The Morgan fingerprint density at radius 2 is 1.92 bits per heavy atom. The summed E-state index contributed by atoms with van der Waals surface area (Å²) in [6, 6.07) is 14.5. The van der Waals surface area contributed by atoms with Crippen LogP contribution in [0.5, 0.6) is 17.4 Å². The summed E-state index contributed by atoms with van der Waals surface area (Å²) in [6.45, 7) is -0.376. The molecule has 0 aliphatic carbocycles. The van der Waals surface area contributed by atoms with E-state index in [0.717, 1.165) is 0 Å². The molecule has 2 aromatic carbocycles. The first kappa shape index (κ1) is 25.2. The molecule has 188 valence electrons. The second-order valence-corrected chi connectivity index (χ2v) is 8.48. The molecule has 0 fully saturated rings. The molecule has 0 radical (unpaired) electrons. The summed E-state index contributed by atoms with van der Waals surface area (Å²) in [4.78, 5) is 13.3. The van der Waals surface area contributed by atoms with Crippen molar-refractivity contribution in [2.45, 2.75) is 25.1 Å². The van der Waals surface area contributed by atoms with Gasteiger partial charge in [0.2, 0.25) is 5.91 Å². The molecule has 1 amide bonds. The minimum absolute atomic E-state index is 0.0481. The third-order valence-electron chi connectivity index (χ3n) is 5.35. The van der Waals surface area contributed by atoms with Crippen molar-refractivity contribution in [3.8, 4) is 17.4 Å². The average molecular weight is 515 g/mol. The number of rotatable bonds is 10. The molecule has 2 heterocycles. The van der Waals surface area contributed by atoms with Gasteiger partial charge in [-0.3, -0.25) is 9.48 Å². The van der Waals surface area contributed by atoms with Crippen LogP contribution in [0.15, 0.2) is 73.1 Å². The van der Waals surface area contributed by atoms with E-state index in [9.17, 15) is 19.4 Å². The zero-order valence-electron chi connectivity index (χ0n) is 19.0. The van der Waals surface area contributed by atoms with Crippen LogP contribution in [-0.4, -0.2) is 48.3 Å². The van der Waals surface area contributed by atoms with Crippen LogP contribution >= 0.6 is 11.6 Å². The van der Waals surface area contributed by atoms with Crippen molar-refractivity contribution in [1.29, 1.82) is 0 Å². The van der Waals surface area contributed by atoms with Gasteiger partial charge < -0.3 is 29.9 Å². The molecule has 4 aromatic rings. The number of nitrogens with one attached hydrogen (secondary N) is 1. The van der Waals surface area contributed by atoms with Gasteiger partial charge in [-0.2, -0.15) is 5.10 Å². The second kappa shape index (κ2) is 11.3. The molecule has 9 nitrogen and oxygen atoms in total. The highest BCUT2D eigenvalue weighted by Crippen LogP contribution is 2.34. The maximum absolute atomic E-state index is 13.4. The number of aromatic nitrogens is 3. The summed E-state index contributed by atoms with van der Waals surface area (Å²) in [5.74, 6) is -0.271. The van der Waals surface area contributed by atoms with Crippen LogP contribution in [0.4, 0.5) is 10.2 Å². The van der Waals surface area contributed by atoms with Crippen LogP contribution in [0.2, 0.25) is 5.02 Å². The number of carbonyl (C=O) groups excluding carboxylic acids is 1. The number of aliphatic hydroxyl groups is 2. The third-order valence-corrected chi connectivity index (χ3v) is 5.66. The lowest BCUT2D eigenvalue weighted by atomic mass is 10.0. The van der Waals surface area contributed by atoms with Crippen molar-refractivity contribution >= 4 is 23.3 Å². The van der Waals surface area contributed by atoms with Crippen LogP contribution in [-0.2, 0) is 17.8 Å². The molecule has 11 heteroatoms. The largest absolute Gasteiger partial charge is 0.494 e. The van der Waals surface area contributed by atoms with Crippen LogP contribution in [0.1, 0.15) is 11.6 Å². The molecule has 0 unspecified atom stereocenters. The number of para-hydroxylation sites is 1. The fourth-order valence-electron chi connectivity index (χ4n) is 3.58. The van der Waals surface area contributed by atoms with Crippen molar-refractivity contribution in [2.75, 3.05) is 11.9 Å². The highest BCUT2D eigenvalue weighted by atomic mass is 35.5. The predicted molar refractivity (Wildman–Crippen MR) is 131 cm³/mol. The first-order chi connectivity index (χ1) is 17.3. The first-order valence-corrected chi connectivity index (χ1v) is 11.4. The van der Waals surface area contributed by atoms with Crippen LogP contribution < -0.4 is 10.1 Å². The normalized spacial score (nSPS) is 12.8. The van der Waals surface area contributed by atoms with Gasteiger partial charge in [0.25, 0.3) is 0 Å². The summed E-state index contributed by atoms with van der Waals surface area (Å²) in [5.41, 5.74) is 0.662. The Hall–Kier alpha value is -3.86. The zero-order valence-corrected chi connectivity index (χ0v) is 19.7. The molecule has 2 aromatic heterocycles. The van der Waals surface area contributed by atoms with Crippen LogP contribution in [0, 0.1) is 5.82 Å². The molecule has 4 N–H and O–H groups in total. The van der Waals surface area contributed by atoms with E-state index in [1.54, 1.807) is 48.7 Å². The van der Waals surface area contributed by atoms with E-state index in [2.05, 4.69) is 10.4 Å². The third kappa shape index (κ3) is 6.22. The molecular weight excluding hydrogens is 491 g/mol. The number of hydrogen-bond donors (Lipinski definition) is 4. The Balaban J connectivity index is 1.59. The molecule has 0 aliphatic rings. The standard InChI is InChI=1S/C25H24ClFN4O5/c26-20-3-1-2-4-22(20)36-19-12-24(34)31(14-19)21(11-16-5-7-17(27)8-6-16)25(35)28-23-9-10-30(29-23)13-18(33)15-32/h1-10,12,14,18,21,32-34H,11,13,15H2,(H,28,29,35)/t18-,21+/m1/s1. The summed E-state index contributed by atoms with van der Waals surface area (Å²) in [6.07, 6.45) is 2.16. The Labute approximate surface area is 210 Å². The molecule has 0 aliphatic heterocycles.